The smallest absolute Gasteiger partial charge is 0.338 e. The van der Waals surface area contributed by atoms with Crippen LogP contribution in [0.1, 0.15) is 48.0 Å². The largest absolute Gasteiger partial charge is 0.455 e. The highest BCUT2D eigenvalue weighted by molar-refractivity contribution is 7.89. The Kier molecular flexibility index (Phi) is 5.43. The standard InChI is InChI=1S/C18H22N2O5S/c1-13-5-3-4-10-20(13)26(22,23)17-8-6-15(7-9-17)18(21)24-12-16-11-14(2)25-19-16/h6-9,11,13H,3-5,10,12H2,1-2H3/t13-/m1/s1. The number of aromatic nitrogens is 1. The molecule has 7 nitrogen and oxygen atoms in total. The van der Waals surface area contributed by atoms with E-state index < -0.39 is 16.0 Å². The van der Waals surface area contributed by atoms with Gasteiger partial charge in [-0.15, -0.1) is 0 Å². The van der Waals surface area contributed by atoms with Crippen LogP contribution in [0.15, 0.2) is 39.8 Å². The fourth-order valence-electron chi connectivity index (χ4n) is 3.04. The molecule has 0 aliphatic carbocycles. The molecule has 0 saturated carbocycles. The molecule has 0 unspecified atom stereocenters. The van der Waals surface area contributed by atoms with Crippen molar-refractivity contribution < 1.29 is 22.5 Å². The Morgan fingerprint density at radius 2 is 2.04 bits per heavy atom. The summed E-state index contributed by atoms with van der Waals surface area (Å²) in [4.78, 5) is 12.3. The van der Waals surface area contributed by atoms with Crippen LogP contribution in [0.25, 0.3) is 0 Å². The second-order valence-corrected chi connectivity index (χ2v) is 8.38. The van der Waals surface area contributed by atoms with Gasteiger partial charge in [0.1, 0.15) is 18.1 Å². The lowest BCUT2D eigenvalue weighted by molar-refractivity contribution is 0.0464. The van der Waals surface area contributed by atoms with Gasteiger partial charge in [-0.1, -0.05) is 11.6 Å². The van der Waals surface area contributed by atoms with Crippen LogP contribution in [0.2, 0.25) is 0 Å². The van der Waals surface area contributed by atoms with Gasteiger partial charge >= 0.3 is 5.97 Å². The van der Waals surface area contributed by atoms with Crippen molar-refractivity contribution in [1.29, 1.82) is 0 Å². The second-order valence-electron chi connectivity index (χ2n) is 6.49. The zero-order valence-electron chi connectivity index (χ0n) is 14.8. The molecule has 0 N–H and O–H groups in total. The van der Waals surface area contributed by atoms with E-state index in [0.717, 1.165) is 19.3 Å². The maximum absolute atomic E-state index is 12.8. The van der Waals surface area contributed by atoms with E-state index in [1.807, 2.05) is 6.92 Å². The number of nitrogens with zero attached hydrogens (tertiary/aromatic N) is 2. The number of sulfonamides is 1. The Morgan fingerprint density at radius 1 is 1.31 bits per heavy atom. The van der Waals surface area contributed by atoms with Gasteiger partial charge in [-0.25, -0.2) is 13.2 Å². The van der Waals surface area contributed by atoms with Crippen molar-refractivity contribution in [2.45, 2.75) is 50.7 Å². The SMILES string of the molecule is Cc1cc(COC(=O)c2ccc(S(=O)(=O)N3CCCC[C@H]3C)cc2)no1. The van der Waals surface area contributed by atoms with Gasteiger partial charge in [0.05, 0.1) is 10.5 Å². The summed E-state index contributed by atoms with van der Waals surface area (Å²) in [5.41, 5.74) is 0.810. The third-order valence-corrected chi connectivity index (χ3v) is 6.49. The van der Waals surface area contributed by atoms with Crippen LogP contribution in [0.5, 0.6) is 0 Å². The number of ether oxygens (including phenoxy) is 1. The van der Waals surface area contributed by atoms with Gasteiger partial charge in [0, 0.05) is 18.7 Å². The van der Waals surface area contributed by atoms with Crippen LogP contribution in [0.4, 0.5) is 0 Å². The van der Waals surface area contributed by atoms with Crippen molar-refractivity contribution in [3.05, 3.63) is 47.3 Å². The van der Waals surface area contributed by atoms with Gasteiger partial charge in [0.25, 0.3) is 0 Å². The summed E-state index contributed by atoms with van der Waals surface area (Å²) in [6, 6.07) is 7.52. The van der Waals surface area contributed by atoms with E-state index in [2.05, 4.69) is 5.16 Å². The maximum atomic E-state index is 12.8. The van der Waals surface area contributed by atoms with Crippen molar-refractivity contribution in [3.63, 3.8) is 0 Å². The minimum Gasteiger partial charge on any atom is -0.455 e. The first kappa shape index (κ1) is 18.6. The Balaban J connectivity index is 1.68. The number of esters is 1. The minimum absolute atomic E-state index is 0.00150. The molecule has 1 aliphatic heterocycles. The highest BCUT2D eigenvalue weighted by atomic mass is 32.2. The second kappa shape index (κ2) is 7.59. The number of hydrogen-bond donors (Lipinski definition) is 0. The minimum atomic E-state index is -3.55. The van der Waals surface area contributed by atoms with Crippen molar-refractivity contribution in [1.82, 2.24) is 9.46 Å². The highest BCUT2D eigenvalue weighted by Crippen LogP contribution is 2.25. The van der Waals surface area contributed by atoms with Crippen molar-refractivity contribution in [2.75, 3.05) is 6.54 Å². The first-order valence-electron chi connectivity index (χ1n) is 8.59. The lowest BCUT2D eigenvalue weighted by Gasteiger charge is -2.32. The Morgan fingerprint density at radius 3 is 2.65 bits per heavy atom. The molecule has 3 rings (SSSR count). The molecule has 0 radical (unpaired) electrons. The zero-order valence-corrected chi connectivity index (χ0v) is 15.7. The average Bonchev–Trinajstić information content (AvgIpc) is 3.05. The number of rotatable bonds is 5. The number of piperidine rings is 1. The van der Waals surface area contributed by atoms with E-state index in [-0.39, 0.29) is 23.1 Å². The van der Waals surface area contributed by atoms with Gasteiger partial charge in [-0.05, 0) is 51.0 Å². The van der Waals surface area contributed by atoms with E-state index in [9.17, 15) is 13.2 Å². The quantitative estimate of drug-likeness (QED) is 0.743. The van der Waals surface area contributed by atoms with Gasteiger partial charge < -0.3 is 9.26 Å². The molecule has 1 aliphatic rings. The summed E-state index contributed by atoms with van der Waals surface area (Å²) in [7, 11) is -3.55. The molecule has 1 aromatic carbocycles. The third-order valence-electron chi connectivity index (χ3n) is 4.47. The van der Waals surface area contributed by atoms with E-state index in [1.165, 1.54) is 28.6 Å². The number of carbonyl (C=O) groups excluding carboxylic acids is 1. The topological polar surface area (TPSA) is 89.7 Å². The summed E-state index contributed by atoms with van der Waals surface area (Å²) in [6.45, 7) is 4.21. The summed E-state index contributed by atoms with van der Waals surface area (Å²) >= 11 is 0. The fourth-order valence-corrected chi connectivity index (χ4v) is 4.74. The van der Waals surface area contributed by atoms with Crippen molar-refractivity contribution in [2.24, 2.45) is 0 Å². The number of hydrogen-bond acceptors (Lipinski definition) is 6. The number of benzene rings is 1. The normalized spacial score (nSPS) is 18.6. The number of aryl methyl sites for hydroxylation is 1. The lowest BCUT2D eigenvalue weighted by Crippen LogP contribution is -2.41. The summed E-state index contributed by atoms with van der Waals surface area (Å²) in [6.07, 6.45) is 2.78. The summed E-state index contributed by atoms with van der Waals surface area (Å²) in [5, 5.41) is 3.75. The van der Waals surface area contributed by atoms with Gasteiger partial charge in [0.2, 0.25) is 10.0 Å². The van der Waals surface area contributed by atoms with Crippen molar-refractivity contribution in [3.8, 4) is 0 Å². The number of carbonyl (C=O) groups is 1. The molecular weight excluding hydrogens is 356 g/mol. The molecule has 1 saturated heterocycles. The molecule has 0 amide bonds. The van der Waals surface area contributed by atoms with E-state index in [4.69, 9.17) is 9.26 Å². The molecule has 0 spiro atoms. The van der Waals surface area contributed by atoms with Gasteiger partial charge in [-0.2, -0.15) is 4.31 Å². The predicted molar refractivity (Wildman–Crippen MR) is 94.0 cm³/mol. The lowest BCUT2D eigenvalue weighted by atomic mass is 10.1. The molecular formula is C18H22N2O5S. The first-order chi connectivity index (χ1) is 12.4. The Labute approximate surface area is 153 Å². The van der Waals surface area contributed by atoms with Crippen LogP contribution in [-0.2, 0) is 21.4 Å². The molecule has 1 fully saturated rings. The monoisotopic (exact) mass is 378 g/mol. The average molecular weight is 378 g/mol. The molecule has 140 valence electrons. The van der Waals surface area contributed by atoms with Gasteiger partial charge in [-0.3, -0.25) is 0 Å². The summed E-state index contributed by atoms with van der Waals surface area (Å²) in [5.74, 6) is 0.0958. The third kappa shape index (κ3) is 3.96. The van der Waals surface area contributed by atoms with Crippen LogP contribution >= 0.6 is 0 Å². The molecule has 26 heavy (non-hydrogen) atoms. The maximum Gasteiger partial charge on any atom is 0.338 e. The van der Waals surface area contributed by atoms with Gasteiger partial charge in [0.15, 0.2) is 0 Å². The molecule has 1 atom stereocenters. The molecule has 1 aromatic heterocycles. The van der Waals surface area contributed by atoms with E-state index in [1.54, 1.807) is 13.0 Å². The molecule has 0 bridgehead atoms. The van der Waals surface area contributed by atoms with E-state index in [0.29, 0.717) is 18.0 Å². The predicted octanol–water partition coefficient (Wildman–Crippen LogP) is 2.90. The molecule has 2 aromatic rings. The summed E-state index contributed by atoms with van der Waals surface area (Å²) < 4.78 is 37.2. The Hall–Kier alpha value is -2.19. The van der Waals surface area contributed by atoms with Crippen LogP contribution in [-0.4, -0.2) is 36.4 Å². The first-order valence-corrected chi connectivity index (χ1v) is 10.0. The van der Waals surface area contributed by atoms with Crippen LogP contribution in [0, 0.1) is 6.92 Å². The fraction of sp³-hybridized carbons (Fsp3) is 0.444. The highest BCUT2D eigenvalue weighted by Gasteiger charge is 2.30. The zero-order chi connectivity index (χ0) is 18.7. The van der Waals surface area contributed by atoms with E-state index >= 15 is 0 Å². The molecule has 8 heteroatoms. The molecule has 2 heterocycles. The van der Waals surface area contributed by atoms with Crippen LogP contribution in [0.3, 0.4) is 0 Å². The Bertz CT molecular complexity index is 873. The van der Waals surface area contributed by atoms with Crippen molar-refractivity contribution >= 4 is 16.0 Å². The van der Waals surface area contributed by atoms with Crippen LogP contribution < -0.4 is 0 Å².